The lowest BCUT2D eigenvalue weighted by atomic mass is 9.96. The summed E-state index contributed by atoms with van der Waals surface area (Å²) in [5.41, 5.74) is 0. The van der Waals surface area contributed by atoms with E-state index in [0.29, 0.717) is 32.7 Å². The Morgan fingerprint density at radius 2 is 1.03 bits per heavy atom. The van der Waals surface area contributed by atoms with Gasteiger partial charge < -0.3 is 69.7 Å². The second kappa shape index (κ2) is 22.9. The molecule has 0 aliphatic rings. The number of carbonyl (C=O) groups is 1. The topological polar surface area (TPSA) is 239 Å². The number of aliphatic hydroxyl groups is 9. The molecule has 8 atom stereocenters. The summed E-state index contributed by atoms with van der Waals surface area (Å²) in [6, 6.07) is 0. The lowest BCUT2D eigenvalue weighted by Gasteiger charge is -2.33. The Labute approximate surface area is 222 Å². The van der Waals surface area contributed by atoms with Crippen LogP contribution in [0.5, 0.6) is 0 Å². The third kappa shape index (κ3) is 16.3. The molecule has 38 heavy (non-hydrogen) atoms. The van der Waals surface area contributed by atoms with E-state index in [9.17, 15) is 40.5 Å². The van der Waals surface area contributed by atoms with Gasteiger partial charge in [0.25, 0.3) is 0 Å². The molecule has 0 aromatic rings. The van der Waals surface area contributed by atoms with E-state index in [1.165, 1.54) is 11.8 Å². The largest absolute Gasteiger partial charge is 0.396 e. The lowest BCUT2D eigenvalue weighted by Crippen LogP contribution is -2.53. The Kier molecular flexibility index (Phi) is 22.3. The molecule has 0 unspecified atom stereocenters. The summed E-state index contributed by atoms with van der Waals surface area (Å²) >= 11 is 0. The van der Waals surface area contributed by atoms with Crippen LogP contribution in [0, 0.1) is 5.92 Å². The van der Waals surface area contributed by atoms with Crippen LogP contribution >= 0.6 is 0 Å². The number of carbonyl (C=O) groups excluding carboxylic acids is 1. The first kappa shape index (κ1) is 37.1. The monoisotopic (exact) mass is 561 g/mol. The standard InChI is InChI=1S/C23H47NO14/c1-16(14-26)20(31)21(32)17(28)12-24(13-18(29)22(33)23(34)19(30)15-27)2-4-35-6-8-37-10-11-38-9-7-36-5-3-25/h3,16-23,26-34H,2,4-15H2,1H3/t16-,17+,18+,19-,20-,21-,22-,23-/m1/s1. The minimum absolute atomic E-state index is 0.0212. The van der Waals surface area contributed by atoms with E-state index in [4.69, 9.17) is 29.2 Å². The van der Waals surface area contributed by atoms with Crippen molar-refractivity contribution in [2.45, 2.75) is 49.7 Å². The van der Waals surface area contributed by atoms with Gasteiger partial charge in [-0.25, -0.2) is 0 Å². The predicted molar refractivity (Wildman–Crippen MR) is 131 cm³/mol. The summed E-state index contributed by atoms with van der Waals surface area (Å²) in [6.45, 7) is 1.60. The second-order valence-electron chi connectivity index (χ2n) is 8.85. The third-order valence-electron chi connectivity index (χ3n) is 5.68. The van der Waals surface area contributed by atoms with Crippen LogP contribution in [-0.2, 0) is 23.7 Å². The molecule has 0 saturated heterocycles. The molecule has 0 bridgehead atoms. The van der Waals surface area contributed by atoms with Crippen molar-refractivity contribution >= 4 is 6.29 Å². The highest BCUT2D eigenvalue weighted by Crippen LogP contribution is 2.13. The minimum atomic E-state index is -1.83. The van der Waals surface area contributed by atoms with Gasteiger partial charge in [0.05, 0.1) is 71.2 Å². The maximum atomic E-state index is 10.4. The second-order valence-corrected chi connectivity index (χ2v) is 8.85. The number of aldehydes is 1. The van der Waals surface area contributed by atoms with Crippen molar-refractivity contribution in [2.75, 3.05) is 85.7 Å². The fourth-order valence-electron chi connectivity index (χ4n) is 3.22. The average molecular weight is 562 g/mol. The van der Waals surface area contributed by atoms with Crippen molar-refractivity contribution in [3.8, 4) is 0 Å². The number of ether oxygens (including phenoxy) is 4. The van der Waals surface area contributed by atoms with Crippen LogP contribution in [0.3, 0.4) is 0 Å². The molecular formula is C23H47NO14. The van der Waals surface area contributed by atoms with Gasteiger partial charge in [0, 0.05) is 32.2 Å². The highest BCUT2D eigenvalue weighted by molar-refractivity contribution is 5.50. The Balaban J connectivity index is 4.63. The highest BCUT2D eigenvalue weighted by atomic mass is 16.6. The van der Waals surface area contributed by atoms with E-state index in [2.05, 4.69) is 0 Å². The first-order valence-corrected chi connectivity index (χ1v) is 12.6. The molecule has 0 fully saturated rings. The van der Waals surface area contributed by atoms with Crippen LogP contribution in [-0.4, -0.2) is 186 Å². The van der Waals surface area contributed by atoms with Crippen molar-refractivity contribution < 1.29 is 69.7 Å². The van der Waals surface area contributed by atoms with E-state index in [1.807, 2.05) is 0 Å². The van der Waals surface area contributed by atoms with Crippen molar-refractivity contribution in [1.82, 2.24) is 4.90 Å². The minimum Gasteiger partial charge on any atom is -0.396 e. The molecule has 0 amide bonds. The molecule has 15 nitrogen and oxygen atoms in total. The van der Waals surface area contributed by atoms with Gasteiger partial charge in [-0.15, -0.1) is 0 Å². The quantitative estimate of drug-likeness (QED) is 0.0354. The Bertz CT molecular complexity index is 532. The van der Waals surface area contributed by atoms with Gasteiger partial charge >= 0.3 is 0 Å². The molecule has 0 aromatic carbocycles. The number of nitrogens with zero attached hydrogens (tertiary/aromatic N) is 1. The summed E-state index contributed by atoms with van der Waals surface area (Å²) in [5.74, 6) is -0.708. The van der Waals surface area contributed by atoms with Gasteiger partial charge in [0.15, 0.2) is 0 Å². The molecule has 9 N–H and O–H groups in total. The highest BCUT2D eigenvalue weighted by Gasteiger charge is 2.33. The Morgan fingerprint density at radius 1 is 0.605 bits per heavy atom. The molecule has 0 rings (SSSR count). The summed E-state index contributed by atoms with van der Waals surface area (Å²) in [6.07, 6.45) is -10.8. The van der Waals surface area contributed by atoms with Crippen molar-refractivity contribution in [2.24, 2.45) is 5.92 Å². The van der Waals surface area contributed by atoms with Gasteiger partial charge in [-0.1, -0.05) is 6.92 Å². The maximum absolute atomic E-state index is 10.4. The first-order valence-electron chi connectivity index (χ1n) is 12.6. The zero-order valence-electron chi connectivity index (χ0n) is 21.9. The third-order valence-corrected chi connectivity index (χ3v) is 5.68. The normalized spacial score (nSPS) is 18.5. The summed E-state index contributed by atoms with van der Waals surface area (Å²) in [4.78, 5) is 11.5. The first-order chi connectivity index (χ1) is 18.1. The molecule has 15 heteroatoms. The number of rotatable bonds is 26. The molecule has 0 aromatic heterocycles. The van der Waals surface area contributed by atoms with E-state index in [-0.39, 0.29) is 46.1 Å². The average Bonchev–Trinajstić information content (AvgIpc) is 2.92. The van der Waals surface area contributed by atoms with Crippen LogP contribution in [0.1, 0.15) is 6.92 Å². The van der Waals surface area contributed by atoms with Crippen LogP contribution < -0.4 is 0 Å². The van der Waals surface area contributed by atoms with Gasteiger partial charge in [0.2, 0.25) is 0 Å². The van der Waals surface area contributed by atoms with Gasteiger partial charge in [0.1, 0.15) is 37.3 Å². The predicted octanol–water partition coefficient (Wildman–Crippen LogP) is -5.30. The lowest BCUT2D eigenvalue weighted by molar-refractivity contribution is -0.125. The van der Waals surface area contributed by atoms with Crippen molar-refractivity contribution in [3.63, 3.8) is 0 Å². The Morgan fingerprint density at radius 3 is 1.47 bits per heavy atom. The molecule has 0 aliphatic carbocycles. The van der Waals surface area contributed by atoms with Crippen LogP contribution in [0.4, 0.5) is 0 Å². The van der Waals surface area contributed by atoms with Crippen molar-refractivity contribution in [3.05, 3.63) is 0 Å². The SMILES string of the molecule is C[C@H](CO)[C@@H](O)[C@H](O)[C@@H](O)CN(CCOCCOCCOCCOCC=O)C[C@H](O)[C@@H](O)[C@H](O)[C@H](O)CO. The fraction of sp³-hybridized carbons (Fsp3) is 0.957. The van der Waals surface area contributed by atoms with Crippen LogP contribution in [0.25, 0.3) is 0 Å². The van der Waals surface area contributed by atoms with E-state index in [1.54, 1.807) is 0 Å². The zero-order chi connectivity index (χ0) is 28.9. The van der Waals surface area contributed by atoms with E-state index >= 15 is 0 Å². The maximum Gasteiger partial charge on any atom is 0.145 e. The van der Waals surface area contributed by atoms with Gasteiger partial charge in [-0.3, -0.25) is 4.90 Å². The molecule has 0 saturated carbocycles. The van der Waals surface area contributed by atoms with Crippen molar-refractivity contribution in [1.29, 1.82) is 0 Å². The van der Waals surface area contributed by atoms with Gasteiger partial charge in [-0.2, -0.15) is 0 Å². The molecule has 0 spiro atoms. The van der Waals surface area contributed by atoms with E-state index in [0.717, 1.165) is 0 Å². The number of hydrogen-bond donors (Lipinski definition) is 9. The van der Waals surface area contributed by atoms with Gasteiger partial charge in [-0.05, 0) is 0 Å². The van der Waals surface area contributed by atoms with Crippen LogP contribution in [0.2, 0.25) is 0 Å². The smallest absolute Gasteiger partial charge is 0.145 e. The van der Waals surface area contributed by atoms with E-state index < -0.39 is 61.9 Å². The molecule has 0 radical (unpaired) electrons. The molecular weight excluding hydrogens is 514 g/mol. The number of hydrogen-bond acceptors (Lipinski definition) is 15. The molecule has 0 aliphatic heterocycles. The number of aliphatic hydroxyl groups excluding tert-OH is 9. The zero-order valence-corrected chi connectivity index (χ0v) is 21.9. The molecule has 228 valence electrons. The fourth-order valence-corrected chi connectivity index (χ4v) is 3.22. The summed E-state index contributed by atoms with van der Waals surface area (Å²) in [5, 5.41) is 88.6. The summed E-state index contributed by atoms with van der Waals surface area (Å²) < 4.78 is 21.0. The Hall–Kier alpha value is -0.890. The summed E-state index contributed by atoms with van der Waals surface area (Å²) in [7, 11) is 0. The van der Waals surface area contributed by atoms with Crippen LogP contribution in [0.15, 0.2) is 0 Å². The molecule has 0 heterocycles.